The Kier molecular flexibility index (Phi) is 6.02. The van der Waals surface area contributed by atoms with Gasteiger partial charge in [-0.2, -0.15) is 0 Å². The summed E-state index contributed by atoms with van der Waals surface area (Å²) in [5.41, 5.74) is 1.19. The Hall–Kier alpha value is -1.34. The van der Waals surface area contributed by atoms with E-state index in [0.717, 1.165) is 37.0 Å². The fraction of sp³-hybridized carbons (Fsp3) is 0.667. The molecule has 0 radical (unpaired) electrons. The van der Waals surface area contributed by atoms with Gasteiger partial charge in [0.1, 0.15) is 0 Å². The molecule has 2 heterocycles. The maximum Gasteiger partial charge on any atom is 0.242 e. The van der Waals surface area contributed by atoms with Gasteiger partial charge >= 0.3 is 0 Å². The zero-order valence-corrected chi connectivity index (χ0v) is 14.3. The van der Waals surface area contributed by atoms with Crippen LogP contribution < -0.4 is 5.32 Å². The van der Waals surface area contributed by atoms with Crippen LogP contribution in [0.3, 0.4) is 0 Å². The van der Waals surface area contributed by atoms with E-state index < -0.39 is 0 Å². The van der Waals surface area contributed by atoms with E-state index in [4.69, 9.17) is 0 Å². The number of nitrogens with zero attached hydrogens (tertiary/aromatic N) is 3. The van der Waals surface area contributed by atoms with Crippen LogP contribution in [0.1, 0.15) is 20.3 Å². The van der Waals surface area contributed by atoms with Gasteiger partial charge in [-0.15, -0.1) is 0 Å². The van der Waals surface area contributed by atoms with E-state index in [1.54, 1.807) is 30.6 Å². The Morgan fingerprint density at radius 3 is 2.95 bits per heavy atom. The number of rotatable bonds is 4. The van der Waals surface area contributed by atoms with Crippen molar-refractivity contribution in [3.63, 3.8) is 0 Å². The van der Waals surface area contributed by atoms with Gasteiger partial charge in [-0.3, -0.25) is 19.5 Å². The Morgan fingerprint density at radius 2 is 2.32 bits per heavy atom. The lowest BCUT2D eigenvalue weighted by molar-refractivity contribution is -0.127. The maximum atomic E-state index is 12.3. The predicted molar refractivity (Wildman–Crippen MR) is 89.9 cm³/mol. The highest BCUT2D eigenvalue weighted by Crippen LogP contribution is 2.15. The average Bonchev–Trinajstić information content (AvgIpc) is 2.99. The first kappa shape index (κ1) is 17.0. The predicted octanol–water partition coefficient (Wildman–Crippen LogP) is 0.704. The summed E-state index contributed by atoms with van der Waals surface area (Å²) in [6.45, 7) is 6.49. The van der Waals surface area contributed by atoms with Crippen molar-refractivity contribution in [1.82, 2.24) is 15.1 Å². The summed E-state index contributed by atoms with van der Waals surface area (Å²) in [6, 6.07) is -0.199. The van der Waals surface area contributed by atoms with Crippen LogP contribution in [0.15, 0.2) is 16.6 Å². The second-order valence-electron chi connectivity index (χ2n) is 5.70. The normalized spacial score (nSPS) is 20.1. The highest BCUT2D eigenvalue weighted by Gasteiger charge is 2.25. The van der Waals surface area contributed by atoms with Crippen LogP contribution in [0.25, 0.3) is 0 Å². The summed E-state index contributed by atoms with van der Waals surface area (Å²) in [5, 5.41) is 3.64. The molecule has 0 spiro atoms. The number of hydrogen-bond donors (Lipinski definition) is 1. The van der Waals surface area contributed by atoms with E-state index in [1.165, 1.54) is 5.57 Å². The SMILES string of the molecule is CC(=O)N(C)CC1=CCCN([C@H](C)C(=O)NC2=NCCS2)C1. The van der Waals surface area contributed by atoms with E-state index >= 15 is 0 Å². The van der Waals surface area contributed by atoms with Gasteiger partial charge in [0.05, 0.1) is 12.6 Å². The Labute approximate surface area is 136 Å². The lowest BCUT2D eigenvalue weighted by Gasteiger charge is -2.32. The van der Waals surface area contributed by atoms with Crippen molar-refractivity contribution in [1.29, 1.82) is 0 Å². The van der Waals surface area contributed by atoms with Gasteiger partial charge in [-0.25, -0.2) is 0 Å². The summed E-state index contributed by atoms with van der Waals surface area (Å²) < 4.78 is 0. The van der Waals surface area contributed by atoms with Crippen LogP contribution >= 0.6 is 11.8 Å². The van der Waals surface area contributed by atoms with Gasteiger partial charge in [0.2, 0.25) is 11.8 Å². The van der Waals surface area contributed by atoms with E-state index in [9.17, 15) is 9.59 Å². The molecule has 0 bridgehead atoms. The lowest BCUT2D eigenvalue weighted by Crippen LogP contribution is -2.48. The number of amides is 2. The van der Waals surface area contributed by atoms with E-state index in [-0.39, 0.29) is 17.9 Å². The van der Waals surface area contributed by atoms with Gasteiger partial charge in [-0.05, 0) is 18.9 Å². The van der Waals surface area contributed by atoms with Crippen molar-refractivity contribution in [3.05, 3.63) is 11.6 Å². The van der Waals surface area contributed by atoms with Crippen molar-refractivity contribution < 1.29 is 9.59 Å². The minimum absolute atomic E-state index is 0.00526. The Bertz CT molecular complexity index is 504. The molecule has 6 nitrogen and oxygen atoms in total. The third kappa shape index (κ3) is 4.58. The number of aliphatic imine (C=N–C) groups is 1. The molecule has 0 fully saturated rings. The summed E-state index contributed by atoms with van der Waals surface area (Å²) in [5.74, 6) is 0.993. The molecule has 0 aliphatic carbocycles. The van der Waals surface area contributed by atoms with Crippen molar-refractivity contribution in [2.75, 3.05) is 39.0 Å². The number of thioether (sulfide) groups is 1. The Balaban J connectivity index is 1.88. The molecule has 0 aromatic heterocycles. The summed E-state index contributed by atoms with van der Waals surface area (Å²) in [4.78, 5) is 31.7. The number of likely N-dealkylation sites (N-methyl/N-ethyl adjacent to an activating group) is 1. The smallest absolute Gasteiger partial charge is 0.242 e. The number of carbonyl (C=O) groups is 2. The largest absolute Gasteiger partial charge is 0.342 e. The first-order chi connectivity index (χ1) is 10.5. The lowest BCUT2D eigenvalue weighted by atomic mass is 10.1. The molecule has 122 valence electrons. The molecule has 2 aliphatic rings. The molecule has 1 N–H and O–H groups in total. The summed E-state index contributed by atoms with van der Waals surface area (Å²) >= 11 is 1.59. The van der Waals surface area contributed by atoms with Gasteiger partial charge in [-0.1, -0.05) is 17.8 Å². The quantitative estimate of drug-likeness (QED) is 0.773. The third-order valence-corrected chi connectivity index (χ3v) is 4.87. The maximum absolute atomic E-state index is 12.3. The van der Waals surface area contributed by atoms with Gasteiger partial charge in [0, 0.05) is 39.4 Å². The molecular weight excluding hydrogens is 300 g/mol. The molecule has 1 atom stereocenters. The molecule has 0 saturated carbocycles. The molecular formula is C15H24N4O2S. The van der Waals surface area contributed by atoms with Gasteiger partial charge in [0.15, 0.2) is 5.17 Å². The molecule has 22 heavy (non-hydrogen) atoms. The molecule has 2 aliphatic heterocycles. The zero-order chi connectivity index (χ0) is 16.1. The topological polar surface area (TPSA) is 65.0 Å². The number of hydrogen-bond acceptors (Lipinski definition) is 5. The van der Waals surface area contributed by atoms with E-state index in [2.05, 4.69) is 21.3 Å². The van der Waals surface area contributed by atoms with Crippen molar-refractivity contribution in [2.24, 2.45) is 4.99 Å². The molecule has 7 heteroatoms. The summed E-state index contributed by atoms with van der Waals surface area (Å²) in [6.07, 6.45) is 3.09. The van der Waals surface area contributed by atoms with Crippen LogP contribution in [0.2, 0.25) is 0 Å². The van der Waals surface area contributed by atoms with E-state index in [0.29, 0.717) is 6.54 Å². The van der Waals surface area contributed by atoms with Crippen molar-refractivity contribution in [3.8, 4) is 0 Å². The minimum atomic E-state index is -0.199. The molecule has 0 saturated heterocycles. The zero-order valence-electron chi connectivity index (χ0n) is 13.5. The Morgan fingerprint density at radius 1 is 1.55 bits per heavy atom. The van der Waals surface area contributed by atoms with Gasteiger partial charge < -0.3 is 10.2 Å². The first-order valence-electron chi connectivity index (χ1n) is 7.59. The molecule has 0 unspecified atom stereocenters. The molecule has 0 aromatic rings. The average molecular weight is 324 g/mol. The molecule has 2 rings (SSSR count). The first-order valence-corrected chi connectivity index (χ1v) is 8.57. The fourth-order valence-corrected chi connectivity index (χ4v) is 3.22. The van der Waals surface area contributed by atoms with Crippen LogP contribution in [0, 0.1) is 0 Å². The third-order valence-electron chi connectivity index (χ3n) is 3.98. The standard InChI is InChI=1S/C15H24N4O2S/c1-11(14(21)17-15-16-6-8-22-15)19-7-4-5-13(10-19)9-18(3)12(2)20/h5,11H,4,6-10H2,1-3H3,(H,16,17,21)/t11-/m1/s1. The highest BCUT2D eigenvalue weighted by atomic mass is 32.2. The highest BCUT2D eigenvalue weighted by molar-refractivity contribution is 8.14. The number of carbonyl (C=O) groups excluding carboxylic acids is 2. The molecule has 2 amide bonds. The second-order valence-corrected chi connectivity index (χ2v) is 6.78. The number of nitrogens with one attached hydrogen (secondary N) is 1. The number of amidine groups is 1. The monoisotopic (exact) mass is 324 g/mol. The summed E-state index contributed by atoms with van der Waals surface area (Å²) in [7, 11) is 1.80. The van der Waals surface area contributed by atoms with Crippen LogP contribution in [0.5, 0.6) is 0 Å². The van der Waals surface area contributed by atoms with Crippen LogP contribution in [0.4, 0.5) is 0 Å². The van der Waals surface area contributed by atoms with Crippen LogP contribution in [-0.2, 0) is 9.59 Å². The van der Waals surface area contributed by atoms with Gasteiger partial charge in [0.25, 0.3) is 0 Å². The van der Waals surface area contributed by atoms with E-state index in [1.807, 2.05) is 6.92 Å². The van der Waals surface area contributed by atoms with Crippen molar-refractivity contribution >= 4 is 28.7 Å². The fourth-order valence-electron chi connectivity index (χ4n) is 2.49. The molecule has 0 aromatic carbocycles. The van der Waals surface area contributed by atoms with Crippen molar-refractivity contribution in [2.45, 2.75) is 26.3 Å². The second kappa shape index (κ2) is 7.78. The van der Waals surface area contributed by atoms with Crippen LogP contribution in [-0.4, -0.2) is 71.8 Å². The minimum Gasteiger partial charge on any atom is -0.342 e.